The summed E-state index contributed by atoms with van der Waals surface area (Å²) in [7, 11) is 1.24. The van der Waals surface area contributed by atoms with Crippen molar-refractivity contribution in [1.82, 2.24) is 9.97 Å². The fourth-order valence-electron chi connectivity index (χ4n) is 4.01. The first-order chi connectivity index (χ1) is 18.7. The normalized spacial score (nSPS) is 11.8. The van der Waals surface area contributed by atoms with Crippen LogP contribution in [0, 0.1) is 10.1 Å². The molecule has 0 bridgehead atoms. The smallest absolute Gasteiger partial charge is 0.356 e. The van der Waals surface area contributed by atoms with Crippen molar-refractivity contribution in [2.45, 2.75) is 52.7 Å². The molecular formula is C29H30N4O7. The molecule has 2 aromatic carbocycles. The number of hydrogen-bond acceptors (Lipinski definition) is 9. The van der Waals surface area contributed by atoms with Gasteiger partial charge in [-0.05, 0) is 59.7 Å². The number of amides is 1. The molecule has 0 unspecified atom stereocenters. The maximum atomic E-state index is 13.5. The Morgan fingerprint density at radius 2 is 1.35 bits per heavy atom. The van der Waals surface area contributed by atoms with Crippen molar-refractivity contribution in [3.8, 4) is 11.5 Å². The first-order valence-electron chi connectivity index (χ1n) is 12.5. The summed E-state index contributed by atoms with van der Waals surface area (Å²) >= 11 is 0. The van der Waals surface area contributed by atoms with Gasteiger partial charge in [-0.15, -0.1) is 0 Å². The lowest BCUT2D eigenvalue weighted by atomic mass is 10.1. The summed E-state index contributed by atoms with van der Waals surface area (Å²) < 4.78 is 17.0. The highest BCUT2D eigenvalue weighted by Gasteiger charge is 2.24. The third-order valence-corrected chi connectivity index (χ3v) is 5.49. The van der Waals surface area contributed by atoms with Crippen molar-refractivity contribution in [3.63, 3.8) is 0 Å². The lowest BCUT2D eigenvalue weighted by molar-refractivity contribution is -0.383. The van der Waals surface area contributed by atoms with Crippen LogP contribution in [0.3, 0.4) is 0 Å². The number of anilines is 1. The molecule has 4 aromatic rings. The Hall–Kier alpha value is -4.80. The van der Waals surface area contributed by atoms with E-state index >= 15 is 0 Å². The Bertz CT molecular complexity index is 1650. The zero-order valence-electron chi connectivity index (χ0n) is 23.3. The van der Waals surface area contributed by atoms with Crippen LogP contribution in [0.15, 0.2) is 48.5 Å². The van der Waals surface area contributed by atoms with Crippen LogP contribution in [0.4, 0.5) is 11.4 Å². The Morgan fingerprint density at radius 1 is 0.825 bits per heavy atom. The highest BCUT2D eigenvalue weighted by molar-refractivity contribution is 6.10. The fraction of sp³-hybridized carbons (Fsp3) is 0.310. The molecule has 0 saturated carbocycles. The van der Waals surface area contributed by atoms with Gasteiger partial charge in [-0.25, -0.2) is 14.8 Å². The van der Waals surface area contributed by atoms with E-state index in [9.17, 15) is 19.7 Å². The van der Waals surface area contributed by atoms with Gasteiger partial charge < -0.3 is 19.5 Å². The van der Waals surface area contributed by atoms with E-state index in [1.807, 2.05) is 41.5 Å². The zero-order valence-corrected chi connectivity index (χ0v) is 23.3. The monoisotopic (exact) mass is 546 g/mol. The third kappa shape index (κ3) is 6.09. The molecular weight excluding hydrogens is 516 g/mol. The van der Waals surface area contributed by atoms with E-state index in [0.717, 1.165) is 0 Å². The van der Waals surface area contributed by atoms with E-state index in [1.54, 1.807) is 24.3 Å². The topological polar surface area (TPSA) is 143 Å². The van der Waals surface area contributed by atoms with Crippen molar-refractivity contribution in [2.75, 3.05) is 12.4 Å². The van der Waals surface area contributed by atoms with Gasteiger partial charge in [0.15, 0.2) is 11.2 Å². The number of rotatable bonds is 6. The van der Waals surface area contributed by atoms with Crippen molar-refractivity contribution in [3.05, 3.63) is 70.0 Å². The number of aromatic nitrogens is 2. The Balaban J connectivity index is 1.86. The summed E-state index contributed by atoms with van der Waals surface area (Å²) in [6.45, 7) is 11.1. The number of carbonyl (C=O) groups excluding carboxylic acids is 2. The molecule has 0 spiro atoms. The average Bonchev–Trinajstić information content (AvgIpc) is 2.86. The molecule has 208 valence electrons. The average molecular weight is 547 g/mol. The Morgan fingerprint density at radius 3 is 1.90 bits per heavy atom. The molecule has 4 rings (SSSR count). The minimum Gasteiger partial charge on any atom is -0.487 e. The van der Waals surface area contributed by atoms with Gasteiger partial charge in [0.1, 0.15) is 28.4 Å². The van der Waals surface area contributed by atoms with E-state index in [-0.39, 0.29) is 39.5 Å². The van der Waals surface area contributed by atoms with Crippen molar-refractivity contribution >= 4 is 45.1 Å². The molecule has 0 atom stereocenters. The number of carbonyl (C=O) groups is 2. The number of non-ortho nitro benzene ring substituents is 1. The molecule has 0 saturated heterocycles. The molecule has 40 heavy (non-hydrogen) atoms. The SMILES string of the molecule is COC(=O)c1cc(OC(C)(C)C)c2cccc(NC(=O)c3cc(OC(C)(C)C)c4cccc([N+](=O)[O-])c4n3)c2n1. The number of methoxy groups -OCH3 is 1. The molecule has 11 heteroatoms. The summed E-state index contributed by atoms with van der Waals surface area (Å²) in [5.74, 6) is -0.672. The lowest BCUT2D eigenvalue weighted by Crippen LogP contribution is -2.24. The fourth-order valence-corrected chi connectivity index (χ4v) is 4.01. The van der Waals surface area contributed by atoms with Crippen molar-refractivity contribution in [1.29, 1.82) is 0 Å². The molecule has 1 N–H and O–H groups in total. The number of nitro benzene ring substituents is 1. The number of para-hydroxylation sites is 2. The quantitative estimate of drug-likeness (QED) is 0.173. The molecule has 1 amide bonds. The van der Waals surface area contributed by atoms with Crippen LogP contribution >= 0.6 is 0 Å². The van der Waals surface area contributed by atoms with Gasteiger partial charge in [-0.3, -0.25) is 14.9 Å². The van der Waals surface area contributed by atoms with Crippen molar-refractivity contribution in [2.24, 2.45) is 0 Å². The van der Waals surface area contributed by atoms with Crippen LogP contribution in [0.5, 0.6) is 11.5 Å². The van der Waals surface area contributed by atoms with E-state index in [1.165, 1.54) is 31.4 Å². The van der Waals surface area contributed by atoms with Gasteiger partial charge in [0, 0.05) is 29.0 Å². The predicted octanol–water partition coefficient (Wildman–Crippen LogP) is 6.08. The Kier molecular flexibility index (Phi) is 7.34. The zero-order chi connectivity index (χ0) is 29.4. The first-order valence-corrected chi connectivity index (χ1v) is 12.5. The molecule has 0 aliphatic heterocycles. The highest BCUT2D eigenvalue weighted by atomic mass is 16.6. The van der Waals surface area contributed by atoms with Crippen LogP contribution in [-0.4, -0.2) is 45.1 Å². The van der Waals surface area contributed by atoms with E-state index in [4.69, 9.17) is 14.2 Å². The summed E-state index contributed by atoms with van der Waals surface area (Å²) in [5.41, 5.74) is -1.03. The minimum absolute atomic E-state index is 0.00346. The molecule has 2 heterocycles. The first kappa shape index (κ1) is 28.2. The van der Waals surface area contributed by atoms with Gasteiger partial charge >= 0.3 is 5.97 Å². The number of hydrogen-bond donors (Lipinski definition) is 1. The maximum absolute atomic E-state index is 13.5. The van der Waals surface area contributed by atoms with Crippen LogP contribution in [0.1, 0.15) is 62.5 Å². The van der Waals surface area contributed by atoms with Crippen LogP contribution in [0.25, 0.3) is 21.8 Å². The van der Waals surface area contributed by atoms with Gasteiger partial charge in [0.05, 0.1) is 23.2 Å². The third-order valence-electron chi connectivity index (χ3n) is 5.49. The maximum Gasteiger partial charge on any atom is 0.356 e. The number of benzene rings is 2. The van der Waals surface area contributed by atoms with Gasteiger partial charge in [0.2, 0.25) is 0 Å². The van der Waals surface area contributed by atoms with Gasteiger partial charge in [-0.2, -0.15) is 0 Å². The number of esters is 1. The van der Waals surface area contributed by atoms with Crippen LogP contribution in [0.2, 0.25) is 0 Å². The summed E-state index contributed by atoms with van der Waals surface area (Å²) in [5, 5.41) is 15.5. The number of nitrogens with zero attached hydrogens (tertiary/aromatic N) is 3. The molecule has 0 radical (unpaired) electrons. The number of fused-ring (bicyclic) bond motifs is 2. The standard InChI is InChI=1S/C29H30N4O7/c1-28(2,3)39-22-14-19(30-25-17(22)11-9-13-21(25)33(36)37)26(34)32-18-12-8-10-16-23(40-29(4,5)6)15-20(27(35)38-7)31-24(16)18/h8-15H,1-7H3,(H,32,34). The molecule has 0 aliphatic carbocycles. The number of nitrogens with one attached hydrogen (secondary N) is 1. The lowest BCUT2D eigenvalue weighted by Gasteiger charge is -2.23. The highest BCUT2D eigenvalue weighted by Crippen LogP contribution is 2.35. The second kappa shape index (κ2) is 10.4. The number of nitro groups is 1. The molecule has 2 aromatic heterocycles. The van der Waals surface area contributed by atoms with E-state index in [2.05, 4.69) is 15.3 Å². The molecule has 0 fully saturated rings. The predicted molar refractivity (Wildman–Crippen MR) is 150 cm³/mol. The van der Waals surface area contributed by atoms with Crippen LogP contribution in [-0.2, 0) is 4.74 Å². The van der Waals surface area contributed by atoms with E-state index in [0.29, 0.717) is 16.5 Å². The Labute approximate surface area is 230 Å². The molecule has 11 nitrogen and oxygen atoms in total. The van der Waals surface area contributed by atoms with E-state index < -0.39 is 28.0 Å². The van der Waals surface area contributed by atoms with Gasteiger partial charge in [0.25, 0.3) is 11.6 Å². The van der Waals surface area contributed by atoms with Crippen LogP contribution < -0.4 is 14.8 Å². The minimum atomic E-state index is -0.672. The second-order valence-electron chi connectivity index (χ2n) is 11.0. The molecule has 0 aliphatic rings. The van der Waals surface area contributed by atoms with Gasteiger partial charge in [-0.1, -0.05) is 12.1 Å². The second-order valence-corrected chi connectivity index (χ2v) is 11.0. The summed E-state index contributed by atoms with van der Waals surface area (Å²) in [6.07, 6.45) is 0. The largest absolute Gasteiger partial charge is 0.487 e. The van der Waals surface area contributed by atoms with Crippen molar-refractivity contribution < 1.29 is 28.7 Å². The summed E-state index contributed by atoms with van der Waals surface area (Å²) in [4.78, 5) is 45.9. The summed E-state index contributed by atoms with van der Waals surface area (Å²) in [6, 6.07) is 12.5. The number of ether oxygens (including phenoxy) is 3. The number of pyridine rings is 2.